The van der Waals surface area contributed by atoms with Gasteiger partial charge in [0.1, 0.15) is 5.75 Å². The van der Waals surface area contributed by atoms with Crippen molar-refractivity contribution < 1.29 is 9.53 Å². The summed E-state index contributed by atoms with van der Waals surface area (Å²) in [5.74, 6) is 0.688. The van der Waals surface area contributed by atoms with E-state index >= 15 is 0 Å². The number of nitrogens with one attached hydrogen (secondary N) is 2. The molecule has 7 nitrogen and oxygen atoms in total. The molecule has 0 unspecified atom stereocenters. The summed E-state index contributed by atoms with van der Waals surface area (Å²) in [4.78, 5) is 21.4. The van der Waals surface area contributed by atoms with Gasteiger partial charge >= 0.3 is 0 Å². The molecule has 3 aliphatic rings. The Labute approximate surface area is 224 Å². The third-order valence-electron chi connectivity index (χ3n) is 7.98. The number of ether oxygens (including phenoxy) is 1. The Balaban J connectivity index is 1.06. The van der Waals surface area contributed by atoms with Crippen LogP contribution < -0.4 is 20.3 Å². The average molecular weight is 522 g/mol. The van der Waals surface area contributed by atoms with Gasteiger partial charge in [-0.15, -0.1) is 0 Å². The molecule has 1 saturated carbocycles. The Morgan fingerprint density at radius 2 is 1.68 bits per heavy atom. The molecule has 1 amide bonds. The highest BCUT2D eigenvalue weighted by molar-refractivity contribution is 6.33. The average Bonchev–Trinajstić information content (AvgIpc) is 2.95. The summed E-state index contributed by atoms with van der Waals surface area (Å²) < 4.78 is 6.08. The molecule has 0 radical (unpaired) electrons. The number of piperidine rings is 1. The van der Waals surface area contributed by atoms with E-state index in [1.165, 1.54) is 18.5 Å². The Kier molecular flexibility index (Phi) is 8.50. The van der Waals surface area contributed by atoms with E-state index in [-0.39, 0.29) is 18.1 Å². The molecule has 37 heavy (non-hydrogen) atoms. The zero-order valence-electron chi connectivity index (χ0n) is 21.3. The molecular formula is C29H36ClN5O2. The minimum Gasteiger partial charge on any atom is -0.490 e. The highest BCUT2D eigenvalue weighted by Gasteiger charge is 2.26. The van der Waals surface area contributed by atoms with E-state index in [1.807, 2.05) is 12.1 Å². The van der Waals surface area contributed by atoms with Crippen LogP contribution in [0.3, 0.4) is 0 Å². The maximum Gasteiger partial charge on any atom is 0.251 e. The van der Waals surface area contributed by atoms with Crippen molar-refractivity contribution in [2.75, 3.05) is 44.2 Å². The Hall–Kier alpha value is -2.79. The number of rotatable bonds is 6. The molecule has 8 heteroatoms. The van der Waals surface area contributed by atoms with Gasteiger partial charge in [0.15, 0.2) is 0 Å². The highest BCUT2D eigenvalue weighted by atomic mass is 35.5. The summed E-state index contributed by atoms with van der Waals surface area (Å²) in [7, 11) is 0. The number of halogens is 1. The van der Waals surface area contributed by atoms with E-state index in [0.717, 1.165) is 65.0 Å². The van der Waals surface area contributed by atoms with Gasteiger partial charge in [-0.3, -0.25) is 9.69 Å². The van der Waals surface area contributed by atoms with Gasteiger partial charge in [-0.1, -0.05) is 17.7 Å². The lowest BCUT2D eigenvalue weighted by atomic mass is 9.92. The standard InChI is InChI=1S/C29H36ClN5O2/c1-31-28-11-10-26(20-27(28)30)37-25-8-4-22(5-9-25)33-29(36)21-2-6-23(7-3-21)34-16-12-24(13-17-34)35-18-14-32-15-19-35/h2-3,6-7,10-11,20,22,24-25,32H,4-5,8-9,12-19H2,(H,33,36). The second-order valence-corrected chi connectivity index (χ2v) is 10.7. The van der Waals surface area contributed by atoms with Gasteiger partial charge < -0.3 is 20.3 Å². The van der Waals surface area contributed by atoms with Crippen molar-refractivity contribution in [1.82, 2.24) is 15.5 Å². The predicted molar refractivity (Wildman–Crippen MR) is 148 cm³/mol. The molecule has 2 N–H and O–H groups in total. The quantitative estimate of drug-likeness (QED) is 0.530. The van der Waals surface area contributed by atoms with Crippen LogP contribution in [-0.4, -0.2) is 68.3 Å². The van der Waals surface area contributed by atoms with Gasteiger partial charge in [0.05, 0.1) is 17.7 Å². The fraction of sp³-hybridized carbons (Fsp3) is 0.517. The maximum absolute atomic E-state index is 12.9. The van der Waals surface area contributed by atoms with E-state index < -0.39 is 0 Å². The third kappa shape index (κ3) is 6.56. The van der Waals surface area contributed by atoms with Crippen molar-refractivity contribution in [3.05, 3.63) is 64.5 Å². The summed E-state index contributed by atoms with van der Waals surface area (Å²) >= 11 is 6.13. The van der Waals surface area contributed by atoms with Crippen LogP contribution in [0.1, 0.15) is 48.9 Å². The number of amides is 1. The third-order valence-corrected chi connectivity index (χ3v) is 8.28. The molecule has 0 bridgehead atoms. The molecule has 0 atom stereocenters. The lowest BCUT2D eigenvalue weighted by molar-refractivity contribution is 0.0894. The second-order valence-electron chi connectivity index (χ2n) is 10.3. The summed E-state index contributed by atoms with van der Waals surface area (Å²) in [6.07, 6.45) is 6.00. The van der Waals surface area contributed by atoms with Crippen LogP contribution in [0.5, 0.6) is 5.75 Å². The van der Waals surface area contributed by atoms with Crippen molar-refractivity contribution in [2.45, 2.75) is 56.7 Å². The number of hydrogen-bond acceptors (Lipinski definition) is 5. The van der Waals surface area contributed by atoms with Crippen molar-refractivity contribution in [1.29, 1.82) is 0 Å². The number of nitrogens with zero attached hydrogens (tertiary/aromatic N) is 3. The first kappa shape index (κ1) is 25.8. The van der Waals surface area contributed by atoms with Gasteiger partial charge in [0.2, 0.25) is 5.69 Å². The Bertz CT molecular complexity index is 1100. The van der Waals surface area contributed by atoms with Crippen LogP contribution in [0, 0.1) is 6.57 Å². The number of carbonyl (C=O) groups excluding carboxylic acids is 1. The lowest BCUT2D eigenvalue weighted by Crippen LogP contribution is -2.52. The summed E-state index contributed by atoms with van der Waals surface area (Å²) in [5, 5.41) is 7.07. The van der Waals surface area contributed by atoms with Crippen LogP contribution in [0.2, 0.25) is 5.02 Å². The first-order chi connectivity index (χ1) is 18.1. The van der Waals surface area contributed by atoms with Crippen molar-refractivity contribution in [3.63, 3.8) is 0 Å². The largest absolute Gasteiger partial charge is 0.490 e. The van der Waals surface area contributed by atoms with Crippen LogP contribution in [0.4, 0.5) is 11.4 Å². The number of carbonyl (C=O) groups is 1. The lowest BCUT2D eigenvalue weighted by Gasteiger charge is -2.41. The topological polar surface area (TPSA) is 61.2 Å². The monoisotopic (exact) mass is 521 g/mol. The molecule has 3 fully saturated rings. The van der Waals surface area contributed by atoms with E-state index in [1.54, 1.807) is 18.2 Å². The molecule has 2 aromatic rings. The molecule has 196 valence electrons. The molecule has 0 aromatic heterocycles. The van der Waals surface area contributed by atoms with E-state index in [9.17, 15) is 4.79 Å². The van der Waals surface area contributed by atoms with E-state index in [4.69, 9.17) is 22.9 Å². The molecule has 1 aliphatic carbocycles. The van der Waals surface area contributed by atoms with E-state index in [2.05, 4.69) is 37.4 Å². The molecular weight excluding hydrogens is 486 g/mol. The normalized spacial score (nSPS) is 23.3. The number of hydrogen-bond donors (Lipinski definition) is 2. The van der Waals surface area contributed by atoms with Crippen molar-refractivity contribution in [2.24, 2.45) is 0 Å². The Morgan fingerprint density at radius 3 is 2.32 bits per heavy atom. The molecule has 2 heterocycles. The minimum absolute atomic E-state index is 0.00477. The number of piperazine rings is 1. The summed E-state index contributed by atoms with van der Waals surface area (Å²) in [6, 6.07) is 14.2. The predicted octanol–water partition coefficient (Wildman–Crippen LogP) is 4.88. The van der Waals surface area contributed by atoms with Crippen molar-refractivity contribution in [3.8, 4) is 5.75 Å². The van der Waals surface area contributed by atoms with Gasteiger partial charge in [-0.25, -0.2) is 4.85 Å². The van der Waals surface area contributed by atoms with Crippen LogP contribution >= 0.6 is 11.6 Å². The number of anilines is 1. The SMILES string of the molecule is [C-]#[N+]c1ccc(OC2CCC(NC(=O)c3ccc(N4CCC(N5CCNCC5)CC4)cc3)CC2)cc1Cl. The second kappa shape index (κ2) is 12.2. The van der Waals surface area contributed by atoms with E-state index in [0.29, 0.717) is 28.1 Å². The first-order valence-corrected chi connectivity index (χ1v) is 13.9. The number of benzene rings is 2. The molecule has 2 aliphatic heterocycles. The van der Waals surface area contributed by atoms with Gasteiger partial charge in [-0.2, -0.15) is 0 Å². The zero-order valence-corrected chi connectivity index (χ0v) is 22.1. The molecule has 2 saturated heterocycles. The van der Waals surface area contributed by atoms with Crippen LogP contribution in [0.25, 0.3) is 4.85 Å². The van der Waals surface area contributed by atoms with Gasteiger partial charge in [-0.05, 0) is 74.9 Å². The van der Waals surface area contributed by atoms with Crippen LogP contribution in [0.15, 0.2) is 42.5 Å². The fourth-order valence-electron chi connectivity index (χ4n) is 5.80. The van der Waals surface area contributed by atoms with Crippen LogP contribution in [-0.2, 0) is 0 Å². The maximum atomic E-state index is 12.9. The molecule has 5 rings (SSSR count). The highest BCUT2D eigenvalue weighted by Crippen LogP contribution is 2.31. The fourth-order valence-corrected chi connectivity index (χ4v) is 6.01. The minimum atomic E-state index is -0.00477. The van der Waals surface area contributed by atoms with Crippen molar-refractivity contribution >= 4 is 28.9 Å². The molecule has 0 spiro atoms. The zero-order chi connectivity index (χ0) is 25.6. The van der Waals surface area contributed by atoms with Gasteiger partial charge in [0, 0.05) is 62.6 Å². The van der Waals surface area contributed by atoms with Gasteiger partial charge in [0.25, 0.3) is 5.91 Å². The Morgan fingerprint density at radius 1 is 0.973 bits per heavy atom. The molecule has 2 aromatic carbocycles. The summed E-state index contributed by atoms with van der Waals surface area (Å²) in [5.41, 5.74) is 2.36. The summed E-state index contributed by atoms with van der Waals surface area (Å²) in [6.45, 7) is 13.8. The first-order valence-electron chi connectivity index (χ1n) is 13.5. The smallest absolute Gasteiger partial charge is 0.251 e.